The van der Waals surface area contributed by atoms with Crippen molar-refractivity contribution in [3.63, 3.8) is 0 Å². The number of carbonyl (C=O) groups excluding carboxylic acids is 3. The highest BCUT2D eigenvalue weighted by Gasteiger charge is 2.83. The van der Waals surface area contributed by atoms with Crippen LogP contribution in [-0.4, -0.2) is 67.7 Å². The standard InChI is InChI=1S/C26H33NO8/c1-16-10-12-31-20(28)8-3-4-9-21(29)35-18-13-19-26(15-33-26)24(18,2)25(14-32-23(30)22(16)27)11-6-5-7-17(25)34-19/h3-5,7-9,16-19,22H,6,10-15,27H2,1-2H3/b8-3+,9-4-/t16-,17-,18-,19-,22-,24-,25-,26+/m1/s1. The molecule has 5 rings (SSSR count). The first-order chi connectivity index (χ1) is 16.7. The molecule has 2 spiro atoms. The fraction of sp³-hybridized carbons (Fsp3) is 0.654. The molecule has 2 saturated heterocycles. The van der Waals surface area contributed by atoms with Crippen molar-refractivity contribution < 1.29 is 38.1 Å². The summed E-state index contributed by atoms with van der Waals surface area (Å²) in [6, 6.07) is -0.867. The van der Waals surface area contributed by atoms with Crippen molar-refractivity contribution in [2.45, 2.75) is 69.5 Å². The Hall–Kier alpha value is -2.49. The van der Waals surface area contributed by atoms with E-state index in [1.807, 2.05) is 13.0 Å². The third-order valence-corrected chi connectivity index (χ3v) is 8.89. The van der Waals surface area contributed by atoms with Gasteiger partial charge in [-0.05, 0) is 25.2 Å². The lowest BCUT2D eigenvalue weighted by Gasteiger charge is -2.57. The molecule has 3 fully saturated rings. The molecule has 5 aliphatic rings. The van der Waals surface area contributed by atoms with Crippen molar-refractivity contribution in [1.29, 1.82) is 0 Å². The van der Waals surface area contributed by atoms with Gasteiger partial charge in [-0.25, -0.2) is 9.59 Å². The van der Waals surface area contributed by atoms with Crippen LogP contribution in [0.4, 0.5) is 0 Å². The summed E-state index contributed by atoms with van der Waals surface area (Å²) >= 11 is 0. The summed E-state index contributed by atoms with van der Waals surface area (Å²) in [6.45, 7) is 4.61. The lowest BCUT2D eigenvalue weighted by molar-refractivity contribution is -0.232. The van der Waals surface area contributed by atoms with Gasteiger partial charge in [0.2, 0.25) is 0 Å². The molecule has 2 bridgehead atoms. The second kappa shape index (κ2) is 8.87. The molecule has 0 aromatic rings. The summed E-state index contributed by atoms with van der Waals surface area (Å²) in [7, 11) is 0. The number of hydrogen-bond acceptors (Lipinski definition) is 9. The number of esters is 3. The Balaban J connectivity index is 1.51. The van der Waals surface area contributed by atoms with Crippen LogP contribution in [0.5, 0.6) is 0 Å². The highest BCUT2D eigenvalue weighted by atomic mass is 16.6. The molecule has 35 heavy (non-hydrogen) atoms. The van der Waals surface area contributed by atoms with E-state index in [2.05, 4.69) is 13.0 Å². The summed E-state index contributed by atoms with van der Waals surface area (Å²) < 4.78 is 29.6. The number of cyclic esters (lactones) is 2. The van der Waals surface area contributed by atoms with Crippen LogP contribution in [0.25, 0.3) is 0 Å². The lowest BCUT2D eigenvalue weighted by Crippen LogP contribution is -2.66. The SMILES string of the molecule is C[C@@H]1CCOC(=O)/C=C/C=C\C(=O)O[C@@H]2C[C@H]3O[C@@H]4C=CCC[C@]4(COC(=O)[C@@H]1N)[C@]2(C)[C@]31CO1. The summed E-state index contributed by atoms with van der Waals surface area (Å²) in [5.74, 6) is -1.84. The Kier molecular flexibility index (Phi) is 6.14. The van der Waals surface area contributed by atoms with Gasteiger partial charge in [-0.3, -0.25) is 4.79 Å². The van der Waals surface area contributed by atoms with Crippen LogP contribution < -0.4 is 5.73 Å². The van der Waals surface area contributed by atoms with Crippen LogP contribution in [-0.2, 0) is 38.1 Å². The van der Waals surface area contributed by atoms with E-state index in [0.29, 0.717) is 25.9 Å². The van der Waals surface area contributed by atoms with Crippen LogP contribution in [0.15, 0.2) is 36.5 Å². The number of rotatable bonds is 0. The van der Waals surface area contributed by atoms with Gasteiger partial charge in [0.1, 0.15) is 24.4 Å². The van der Waals surface area contributed by atoms with Crippen molar-refractivity contribution >= 4 is 17.9 Å². The maximum absolute atomic E-state index is 13.0. The minimum atomic E-state index is -0.867. The summed E-state index contributed by atoms with van der Waals surface area (Å²) in [6.07, 6.45) is 10.9. The second-order valence-corrected chi connectivity index (χ2v) is 10.5. The lowest BCUT2D eigenvalue weighted by atomic mass is 9.52. The molecule has 0 aromatic heterocycles. The molecule has 0 amide bonds. The predicted molar refractivity (Wildman–Crippen MR) is 123 cm³/mol. The van der Waals surface area contributed by atoms with E-state index in [1.54, 1.807) is 0 Å². The highest BCUT2D eigenvalue weighted by molar-refractivity contribution is 5.84. The molecule has 2 N–H and O–H groups in total. The Morgan fingerprint density at radius 3 is 2.51 bits per heavy atom. The van der Waals surface area contributed by atoms with Gasteiger partial charge in [-0.2, -0.15) is 0 Å². The quantitative estimate of drug-likeness (QED) is 0.235. The monoisotopic (exact) mass is 487 g/mol. The van der Waals surface area contributed by atoms with Gasteiger partial charge in [0.05, 0.1) is 30.8 Å². The second-order valence-electron chi connectivity index (χ2n) is 10.5. The van der Waals surface area contributed by atoms with Crippen molar-refractivity contribution in [3.8, 4) is 0 Å². The molecule has 190 valence electrons. The number of epoxide rings is 1. The van der Waals surface area contributed by atoms with Crippen LogP contribution in [0, 0.1) is 16.7 Å². The normalized spacial score (nSPS) is 47.5. The van der Waals surface area contributed by atoms with E-state index in [9.17, 15) is 14.4 Å². The summed E-state index contributed by atoms with van der Waals surface area (Å²) in [4.78, 5) is 37.6. The molecule has 3 heterocycles. The zero-order valence-corrected chi connectivity index (χ0v) is 20.1. The van der Waals surface area contributed by atoms with E-state index >= 15 is 0 Å². The molecule has 3 aliphatic heterocycles. The molecular weight excluding hydrogens is 454 g/mol. The zero-order valence-electron chi connectivity index (χ0n) is 20.1. The molecule has 0 aromatic carbocycles. The van der Waals surface area contributed by atoms with E-state index in [0.717, 1.165) is 6.42 Å². The minimum absolute atomic E-state index is 0.0806. The average molecular weight is 488 g/mol. The third kappa shape index (κ3) is 3.75. The maximum Gasteiger partial charge on any atom is 0.331 e. The number of ether oxygens (including phenoxy) is 5. The number of hydrogen-bond donors (Lipinski definition) is 1. The van der Waals surface area contributed by atoms with Gasteiger partial charge in [-0.1, -0.05) is 38.2 Å². The van der Waals surface area contributed by atoms with Gasteiger partial charge >= 0.3 is 17.9 Å². The first-order valence-electron chi connectivity index (χ1n) is 12.3. The van der Waals surface area contributed by atoms with Gasteiger partial charge < -0.3 is 29.4 Å². The molecule has 0 radical (unpaired) electrons. The molecule has 1 saturated carbocycles. The molecular formula is C26H33NO8. The van der Waals surface area contributed by atoms with Crippen molar-refractivity contribution in [2.24, 2.45) is 22.5 Å². The number of allylic oxidation sites excluding steroid dienone is 3. The topological polar surface area (TPSA) is 127 Å². The summed E-state index contributed by atoms with van der Waals surface area (Å²) in [5, 5.41) is 0. The molecule has 8 atom stereocenters. The fourth-order valence-corrected chi connectivity index (χ4v) is 6.51. The van der Waals surface area contributed by atoms with Crippen molar-refractivity contribution in [1.82, 2.24) is 0 Å². The van der Waals surface area contributed by atoms with E-state index in [4.69, 9.17) is 29.4 Å². The minimum Gasteiger partial charge on any atom is -0.464 e. The average Bonchev–Trinajstić information content (AvgIpc) is 3.62. The van der Waals surface area contributed by atoms with Gasteiger partial charge in [-0.15, -0.1) is 0 Å². The Morgan fingerprint density at radius 1 is 1.03 bits per heavy atom. The molecule has 0 unspecified atom stereocenters. The van der Waals surface area contributed by atoms with Gasteiger partial charge in [0.25, 0.3) is 0 Å². The van der Waals surface area contributed by atoms with Crippen LogP contribution in [0.3, 0.4) is 0 Å². The number of nitrogens with two attached hydrogens (primary N) is 1. The predicted octanol–water partition coefficient (Wildman–Crippen LogP) is 1.75. The highest BCUT2D eigenvalue weighted by Crippen LogP contribution is 2.71. The Labute approximate surface area is 204 Å². The molecule has 2 aliphatic carbocycles. The maximum atomic E-state index is 13.0. The van der Waals surface area contributed by atoms with Crippen LogP contribution >= 0.6 is 0 Å². The Bertz CT molecular complexity index is 984. The Morgan fingerprint density at radius 2 is 1.77 bits per heavy atom. The summed E-state index contributed by atoms with van der Waals surface area (Å²) in [5.41, 5.74) is 4.35. The largest absolute Gasteiger partial charge is 0.464 e. The smallest absolute Gasteiger partial charge is 0.331 e. The van der Waals surface area contributed by atoms with Crippen molar-refractivity contribution in [3.05, 3.63) is 36.5 Å². The third-order valence-electron chi connectivity index (χ3n) is 8.89. The van der Waals surface area contributed by atoms with Gasteiger partial charge in [0, 0.05) is 24.0 Å². The first kappa shape index (κ1) is 24.2. The first-order valence-corrected chi connectivity index (χ1v) is 12.3. The zero-order chi connectivity index (χ0) is 24.8. The van der Waals surface area contributed by atoms with Crippen molar-refractivity contribution in [2.75, 3.05) is 19.8 Å². The van der Waals surface area contributed by atoms with Gasteiger partial charge in [0.15, 0.2) is 0 Å². The van der Waals surface area contributed by atoms with E-state index < -0.39 is 46.5 Å². The fourth-order valence-electron chi connectivity index (χ4n) is 6.51. The van der Waals surface area contributed by atoms with E-state index in [1.165, 1.54) is 24.3 Å². The van der Waals surface area contributed by atoms with Crippen LogP contribution in [0.1, 0.15) is 39.5 Å². The number of carbonyl (C=O) groups is 3. The molecule has 9 heteroatoms. The van der Waals surface area contributed by atoms with Crippen LogP contribution in [0.2, 0.25) is 0 Å². The molecule has 9 nitrogen and oxygen atoms in total. The van der Waals surface area contributed by atoms with E-state index in [-0.39, 0.29) is 31.3 Å².